The average Bonchev–Trinajstić information content (AvgIpc) is 3.30. The van der Waals surface area contributed by atoms with Crippen molar-refractivity contribution in [3.05, 3.63) is 57.8 Å². The lowest BCUT2D eigenvalue weighted by atomic mass is 9.96. The van der Waals surface area contributed by atoms with Gasteiger partial charge < -0.3 is 14.4 Å². The lowest BCUT2D eigenvalue weighted by molar-refractivity contribution is 0.00464. The van der Waals surface area contributed by atoms with Gasteiger partial charge in [-0.3, -0.25) is 18.6 Å². The summed E-state index contributed by atoms with van der Waals surface area (Å²) in [6.07, 6.45) is 13.4. The third kappa shape index (κ3) is 4.47. The Hall–Kier alpha value is -2.33. The molecule has 192 valence electrons. The quantitative estimate of drug-likeness (QED) is 0.620. The summed E-state index contributed by atoms with van der Waals surface area (Å²) in [6.45, 7) is 7.88. The first-order valence-corrected chi connectivity index (χ1v) is 14.4. The highest BCUT2D eigenvalue weighted by atomic mass is 32.2. The fourth-order valence-electron chi connectivity index (χ4n) is 5.74. The Kier molecular flexibility index (Phi) is 6.81. The number of nitrogens with zero attached hydrogens (tertiary/aromatic N) is 4. The van der Waals surface area contributed by atoms with Crippen molar-refractivity contribution in [3.63, 3.8) is 0 Å². The lowest BCUT2D eigenvalue weighted by Gasteiger charge is -2.34. The largest absolute Gasteiger partial charge is 0.379 e. The molecule has 3 unspecified atom stereocenters. The maximum absolute atomic E-state index is 13.6. The van der Waals surface area contributed by atoms with Crippen LogP contribution in [0.15, 0.2) is 40.9 Å². The second-order valence-electron chi connectivity index (χ2n) is 10.1. The molecule has 5 aliphatic rings. The zero-order valence-electron chi connectivity index (χ0n) is 20.9. The van der Waals surface area contributed by atoms with Crippen LogP contribution in [0.2, 0.25) is 0 Å². The first-order chi connectivity index (χ1) is 17.6. The van der Waals surface area contributed by atoms with E-state index in [9.17, 15) is 9.00 Å². The molecule has 2 fully saturated rings. The number of aromatic nitrogens is 2. The molecule has 1 amide bonds. The van der Waals surface area contributed by atoms with Crippen molar-refractivity contribution in [2.45, 2.75) is 44.0 Å². The van der Waals surface area contributed by atoms with Gasteiger partial charge in [0.2, 0.25) is 0 Å². The molecule has 3 aliphatic heterocycles. The summed E-state index contributed by atoms with van der Waals surface area (Å²) in [5, 5.41) is 4.95. The van der Waals surface area contributed by atoms with E-state index in [-0.39, 0.29) is 11.9 Å². The molecule has 6 rings (SSSR count). The summed E-state index contributed by atoms with van der Waals surface area (Å²) < 4.78 is 26.3. The monoisotopic (exact) mass is 510 g/mol. The average molecular weight is 511 g/mol. The predicted octanol–water partition coefficient (Wildman–Crippen LogP) is 2.83. The van der Waals surface area contributed by atoms with Crippen LogP contribution in [0, 0.1) is 0 Å². The molecule has 3 atom stereocenters. The highest BCUT2D eigenvalue weighted by Crippen LogP contribution is 2.41. The number of amides is 1. The van der Waals surface area contributed by atoms with E-state index in [0.29, 0.717) is 43.8 Å². The van der Waals surface area contributed by atoms with Gasteiger partial charge >= 0.3 is 0 Å². The van der Waals surface area contributed by atoms with Crippen molar-refractivity contribution in [1.29, 1.82) is 0 Å². The zero-order valence-corrected chi connectivity index (χ0v) is 21.7. The van der Waals surface area contributed by atoms with E-state index in [0.717, 1.165) is 67.3 Å². The van der Waals surface area contributed by atoms with E-state index < -0.39 is 10.8 Å². The maximum Gasteiger partial charge on any atom is 0.274 e. The van der Waals surface area contributed by atoms with Crippen LogP contribution >= 0.6 is 0 Å². The molecular weight excluding hydrogens is 476 g/mol. The molecule has 0 aromatic carbocycles. The highest BCUT2D eigenvalue weighted by molar-refractivity contribution is 7.88. The van der Waals surface area contributed by atoms with Crippen LogP contribution in [0.4, 0.5) is 0 Å². The smallest absolute Gasteiger partial charge is 0.274 e. The number of hydrogen-bond acceptors (Lipinski definition) is 6. The molecule has 0 N–H and O–H groups in total. The number of rotatable bonds is 4. The van der Waals surface area contributed by atoms with E-state index in [1.54, 1.807) is 0 Å². The van der Waals surface area contributed by atoms with Gasteiger partial charge in [0.1, 0.15) is 0 Å². The summed E-state index contributed by atoms with van der Waals surface area (Å²) in [5.41, 5.74) is 4.73. The number of ether oxygens (including phenoxy) is 2. The fourth-order valence-corrected chi connectivity index (χ4v) is 7.15. The molecule has 2 aliphatic carbocycles. The Morgan fingerprint density at radius 3 is 2.78 bits per heavy atom. The van der Waals surface area contributed by atoms with Gasteiger partial charge in [0.15, 0.2) is 5.69 Å². The number of allylic oxidation sites excluding steroid dienone is 5. The fraction of sp³-hybridized carbons (Fsp3) is 0.556. The Bertz CT molecular complexity index is 1190. The molecule has 0 saturated carbocycles. The lowest BCUT2D eigenvalue weighted by Crippen LogP contribution is -2.44. The standard InChI is InChI=1S/C27H34N4O4S/c1-19-17-35-15-12-30(19)16-20-6-8-21(9-7-20)31-26-22-4-2-3-5-24(22)36(33)18-23(26)25(28-31)27(32)29-10-13-34-14-11-29/h3,5-8,19,21H,2,4,9-18H2,1H3. The molecule has 2 saturated heterocycles. The molecule has 9 heteroatoms. The second-order valence-corrected chi connectivity index (χ2v) is 11.6. The van der Waals surface area contributed by atoms with Crippen LogP contribution in [0.1, 0.15) is 54.0 Å². The van der Waals surface area contributed by atoms with Gasteiger partial charge in [0.05, 0.1) is 54.7 Å². The topological polar surface area (TPSA) is 76.9 Å². The van der Waals surface area contributed by atoms with E-state index in [1.165, 1.54) is 5.57 Å². The Balaban J connectivity index is 1.32. The second kappa shape index (κ2) is 10.2. The van der Waals surface area contributed by atoms with E-state index in [4.69, 9.17) is 14.6 Å². The summed E-state index contributed by atoms with van der Waals surface area (Å²) in [5.74, 6) is 0.272. The molecule has 36 heavy (non-hydrogen) atoms. The van der Waals surface area contributed by atoms with Crippen LogP contribution in [-0.4, -0.2) is 88.3 Å². The summed E-state index contributed by atoms with van der Waals surface area (Å²) in [4.78, 5) is 18.7. The number of morpholine rings is 2. The minimum atomic E-state index is -1.16. The van der Waals surface area contributed by atoms with Crippen molar-refractivity contribution in [2.24, 2.45) is 0 Å². The molecular formula is C27H34N4O4S. The molecule has 0 radical (unpaired) electrons. The van der Waals surface area contributed by atoms with E-state index in [1.807, 2.05) is 11.0 Å². The molecule has 0 spiro atoms. The van der Waals surface area contributed by atoms with Gasteiger partial charge in [-0.05, 0) is 43.4 Å². The summed E-state index contributed by atoms with van der Waals surface area (Å²) in [7, 11) is -1.16. The number of carbonyl (C=O) groups is 1. The van der Waals surface area contributed by atoms with Crippen molar-refractivity contribution in [3.8, 4) is 0 Å². The predicted molar refractivity (Wildman–Crippen MR) is 139 cm³/mol. The van der Waals surface area contributed by atoms with Crippen molar-refractivity contribution in [2.75, 3.05) is 52.6 Å². The van der Waals surface area contributed by atoms with Crippen LogP contribution in [0.25, 0.3) is 5.57 Å². The van der Waals surface area contributed by atoms with Gasteiger partial charge in [-0.25, -0.2) is 0 Å². The summed E-state index contributed by atoms with van der Waals surface area (Å²) >= 11 is 0. The summed E-state index contributed by atoms with van der Waals surface area (Å²) in [6, 6.07) is 0.449. The van der Waals surface area contributed by atoms with Crippen LogP contribution in [0.3, 0.4) is 0 Å². The SMILES string of the molecule is CC1COCCN1CC1=CCC(n2nc(C(=O)N3CCOCC3)c3c2C2=C(C=CCC2)S(=O)C3)C=C1. The molecule has 1 aromatic rings. The third-order valence-electron chi connectivity index (χ3n) is 7.80. The molecule has 1 aromatic heterocycles. The van der Waals surface area contributed by atoms with Crippen LogP contribution < -0.4 is 0 Å². The van der Waals surface area contributed by atoms with Gasteiger partial charge in [0, 0.05) is 42.7 Å². The third-order valence-corrected chi connectivity index (χ3v) is 9.23. The minimum absolute atomic E-state index is 0.0297. The van der Waals surface area contributed by atoms with Crippen LogP contribution in [-0.2, 0) is 26.0 Å². The van der Waals surface area contributed by atoms with Crippen LogP contribution in [0.5, 0.6) is 0 Å². The Morgan fingerprint density at radius 2 is 2.00 bits per heavy atom. The van der Waals surface area contributed by atoms with Crippen molar-refractivity contribution < 1.29 is 18.5 Å². The van der Waals surface area contributed by atoms with Gasteiger partial charge in [-0.1, -0.05) is 24.3 Å². The number of hydrogen-bond donors (Lipinski definition) is 0. The maximum atomic E-state index is 13.6. The van der Waals surface area contributed by atoms with Crippen molar-refractivity contribution >= 4 is 22.3 Å². The number of carbonyl (C=O) groups excluding carboxylic acids is 1. The molecule has 4 heterocycles. The normalized spacial score (nSPS) is 28.6. The van der Waals surface area contributed by atoms with E-state index in [2.05, 4.69) is 40.8 Å². The Morgan fingerprint density at radius 1 is 1.17 bits per heavy atom. The molecule has 8 nitrogen and oxygen atoms in total. The first kappa shape index (κ1) is 24.0. The zero-order chi connectivity index (χ0) is 24.6. The number of fused-ring (bicyclic) bond motifs is 2. The van der Waals surface area contributed by atoms with Gasteiger partial charge in [-0.15, -0.1) is 0 Å². The van der Waals surface area contributed by atoms with E-state index >= 15 is 0 Å². The van der Waals surface area contributed by atoms with Gasteiger partial charge in [0.25, 0.3) is 5.91 Å². The Labute approximate surface area is 214 Å². The minimum Gasteiger partial charge on any atom is -0.379 e. The highest BCUT2D eigenvalue weighted by Gasteiger charge is 2.36. The van der Waals surface area contributed by atoms with Crippen molar-refractivity contribution in [1.82, 2.24) is 19.6 Å². The first-order valence-electron chi connectivity index (χ1n) is 13.1. The molecule has 0 bridgehead atoms. The van der Waals surface area contributed by atoms with Gasteiger partial charge in [-0.2, -0.15) is 5.10 Å².